The van der Waals surface area contributed by atoms with Crippen LogP contribution in [-0.4, -0.2) is 89.3 Å². The molecule has 1 N–H and O–H groups in total. The first-order valence-electron chi connectivity index (χ1n) is 11.4. The number of benzene rings is 2. The number of carboxylic acid groups (broad SMARTS) is 1. The van der Waals surface area contributed by atoms with Gasteiger partial charge in [0.15, 0.2) is 6.10 Å². The number of carbonyl (C=O) groups is 1. The van der Waals surface area contributed by atoms with Gasteiger partial charge in [0.1, 0.15) is 12.4 Å². The van der Waals surface area contributed by atoms with Crippen molar-refractivity contribution < 1.29 is 24.1 Å². The molecule has 0 amide bonds. The molecule has 1 saturated heterocycles. The first kappa shape index (κ1) is 26.9. The van der Waals surface area contributed by atoms with Crippen molar-refractivity contribution in [2.45, 2.75) is 26.0 Å². The minimum absolute atomic E-state index is 0. The number of ether oxygens (including phenoxy) is 3. The number of hydrogen-bond donors (Lipinski definition) is 1. The third-order valence-corrected chi connectivity index (χ3v) is 5.71. The summed E-state index contributed by atoms with van der Waals surface area (Å²) in [7, 11) is 0. The minimum atomic E-state index is -0.979. The van der Waals surface area contributed by atoms with Gasteiger partial charge in [0.25, 0.3) is 5.56 Å². The van der Waals surface area contributed by atoms with Gasteiger partial charge in [0.05, 0.1) is 30.7 Å². The zero-order chi connectivity index (χ0) is 23.9. The number of rotatable bonds is 10. The number of carboxylic acids is 1. The van der Waals surface area contributed by atoms with Gasteiger partial charge in [-0.15, -0.1) is 0 Å². The Morgan fingerprint density at radius 3 is 2.54 bits per heavy atom. The largest absolute Gasteiger partial charge is 2.00 e. The van der Waals surface area contributed by atoms with Crippen LogP contribution in [0.3, 0.4) is 0 Å². The Hall–Kier alpha value is -2.66. The molecule has 1 aromatic heterocycles. The van der Waals surface area contributed by atoms with Gasteiger partial charge in [-0.1, -0.05) is 24.3 Å². The predicted molar refractivity (Wildman–Crippen MR) is 133 cm³/mol. The average Bonchev–Trinajstić information content (AvgIpc) is 2.86. The van der Waals surface area contributed by atoms with Crippen molar-refractivity contribution in [3.05, 3.63) is 64.4 Å². The van der Waals surface area contributed by atoms with Crippen molar-refractivity contribution in [1.82, 2.24) is 9.55 Å². The van der Waals surface area contributed by atoms with E-state index in [9.17, 15) is 14.7 Å². The van der Waals surface area contributed by atoms with Crippen LogP contribution in [0, 0.1) is 0 Å². The zero-order valence-electron chi connectivity index (χ0n) is 19.9. The normalized spacial score (nSPS) is 14.4. The third kappa shape index (κ3) is 6.72. The number of anilines is 1. The molecular formula is C25H29MgN3O6+2. The van der Waals surface area contributed by atoms with E-state index in [1.54, 1.807) is 29.7 Å². The summed E-state index contributed by atoms with van der Waals surface area (Å²) in [4.78, 5) is 31.4. The number of aromatic nitrogens is 2. The van der Waals surface area contributed by atoms with E-state index in [1.807, 2.05) is 30.3 Å². The molecule has 0 radical (unpaired) electrons. The van der Waals surface area contributed by atoms with Gasteiger partial charge in [-0.3, -0.25) is 9.36 Å². The Balaban J connectivity index is 0.00000342. The molecule has 1 aliphatic heterocycles. The molecular weight excluding hydrogens is 463 g/mol. The summed E-state index contributed by atoms with van der Waals surface area (Å²) >= 11 is 0. The van der Waals surface area contributed by atoms with Gasteiger partial charge in [-0.05, 0) is 36.8 Å². The SMILES string of the molecule is CCOC(Cc1ccc(OCCn2c(N3CCOCC3)nc3ccccc3c2=O)cc1)C(=O)O.[Mg+2]. The van der Waals surface area contributed by atoms with E-state index in [4.69, 9.17) is 19.2 Å². The first-order valence-corrected chi connectivity index (χ1v) is 11.4. The molecule has 0 bridgehead atoms. The topological polar surface area (TPSA) is 103 Å². The van der Waals surface area contributed by atoms with Gasteiger partial charge >= 0.3 is 29.0 Å². The molecule has 2 heterocycles. The third-order valence-electron chi connectivity index (χ3n) is 5.71. The molecule has 180 valence electrons. The van der Waals surface area contributed by atoms with Gasteiger partial charge < -0.3 is 24.2 Å². The van der Waals surface area contributed by atoms with Crippen LogP contribution in [0.2, 0.25) is 0 Å². The summed E-state index contributed by atoms with van der Waals surface area (Å²) in [6, 6.07) is 14.6. The van der Waals surface area contributed by atoms with E-state index in [-0.39, 0.29) is 41.6 Å². The molecule has 2 aromatic carbocycles. The van der Waals surface area contributed by atoms with E-state index in [0.717, 1.165) is 5.56 Å². The fourth-order valence-electron chi connectivity index (χ4n) is 3.97. The van der Waals surface area contributed by atoms with Gasteiger partial charge in [0, 0.05) is 26.1 Å². The number of fused-ring (bicyclic) bond motifs is 1. The molecule has 10 heteroatoms. The molecule has 1 fully saturated rings. The van der Waals surface area contributed by atoms with Gasteiger partial charge in [0.2, 0.25) is 5.95 Å². The second-order valence-corrected chi connectivity index (χ2v) is 7.96. The number of aliphatic carboxylic acids is 1. The van der Waals surface area contributed by atoms with Crippen LogP contribution in [-0.2, 0) is 27.2 Å². The maximum absolute atomic E-state index is 13.2. The first-order chi connectivity index (χ1) is 16.6. The molecule has 1 aliphatic rings. The Bertz CT molecular complexity index is 1180. The molecule has 0 saturated carbocycles. The fourth-order valence-corrected chi connectivity index (χ4v) is 3.97. The molecule has 0 aliphatic carbocycles. The maximum Gasteiger partial charge on any atom is 2.00 e. The number of para-hydroxylation sites is 1. The molecule has 0 spiro atoms. The van der Waals surface area contributed by atoms with E-state index in [2.05, 4.69) is 4.90 Å². The van der Waals surface area contributed by atoms with Crippen molar-refractivity contribution in [3.63, 3.8) is 0 Å². The zero-order valence-corrected chi connectivity index (χ0v) is 21.3. The van der Waals surface area contributed by atoms with Crippen molar-refractivity contribution in [1.29, 1.82) is 0 Å². The second kappa shape index (κ2) is 12.9. The quantitative estimate of drug-likeness (QED) is 0.429. The molecule has 4 rings (SSSR count). The van der Waals surface area contributed by atoms with Crippen molar-refractivity contribution >= 4 is 45.9 Å². The van der Waals surface area contributed by atoms with Crippen molar-refractivity contribution in [2.24, 2.45) is 0 Å². The summed E-state index contributed by atoms with van der Waals surface area (Å²) < 4.78 is 18.3. The standard InChI is InChI=1S/C25H29N3O6.Mg/c1-2-33-22(24(30)31)17-18-7-9-19(10-8-18)34-16-13-28-23(29)20-5-3-4-6-21(20)26-25(28)27-11-14-32-15-12-27;/h3-10,22H,2,11-17H2,1H3,(H,30,31);/q;+2. The summed E-state index contributed by atoms with van der Waals surface area (Å²) in [6.07, 6.45) is -0.590. The number of hydrogen-bond acceptors (Lipinski definition) is 7. The van der Waals surface area contributed by atoms with E-state index in [0.29, 0.717) is 62.1 Å². The Morgan fingerprint density at radius 1 is 1.14 bits per heavy atom. The summed E-state index contributed by atoms with van der Waals surface area (Å²) in [5.41, 5.74) is 1.42. The Labute approximate surface area is 219 Å². The average molecular weight is 492 g/mol. The minimum Gasteiger partial charge on any atom is -0.492 e. The summed E-state index contributed by atoms with van der Waals surface area (Å²) in [5, 5.41) is 9.83. The molecule has 1 unspecified atom stereocenters. The van der Waals surface area contributed by atoms with Crippen LogP contribution in [0.15, 0.2) is 53.3 Å². The van der Waals surface area contributed by atoms with Crippen LogP contribution >= 0.6 is 0 Å². The molecule has 3 aromatic rings. The van der Waals surface area contributed by atoms with Gasteiger partial charge in [-0.2, -0.15) is 0 Å². The summed E-state index contributed by atoms with van der Waals surface area (Å²) in [5.74, 6) is 0.288. The fraction of sp³-hybridized carbons (Fsp3) is 0.400. The Kier molecular flexibility index (Phi) is 9.90. The van der Waals surface area contributed by atoms with E-state index in [1.165, 1.54) is 0 Å². The van der Waals surface area contributed by atoms with Crippen LogP contribution in [0.1, 0.15) is 12.5 Å². The number of morpholine rings is 1. The van der Waals surface area contributed by atoms with Crippen LogP contribution in [0.25, 0.3) is 10.9 Å². The van der Waals surface area contributed by atoms with Crippen LogP contribution in [0.5, 0.6) is 5.75 Å². The van der Waals surface area contributed by atoms with Crippen molar-refractivity contribution in [3.8, 4) is 5.75 Å². The maximum atomic E-state index is 13.2. The second-order valence-electron chi connectivity index (χ2n) is 7.96. The molecule has 9 nitrogen and oxygen atoms in total. The molecule has 35 heavy (non-hydrogen) atoms. The van der Waals surface area contributed by atoms with Crippen LogP contribution in [0.4, 0.5) is 5.95 Å². The smallest absolute Gasteiger partial charge is 0.492 e. The Morgan fingerprint density at radius 2 is 1.86 bits per heavy atom. The monoisotopic (exact) mass is 491 g/mol. The number of nitrogens with zero attached hydrogens (tertiary/aromatic N) is 3. The van der Waals surface area contributed by atoms with E-state index < -0.39 is 12.1 Å². The predicted octanol–water partition coefficient (Wildman–Crippen LogP) is 1.96. The van der Waals surface area contributed by atoms with E-state index >= 15 is 0 Å². The van der Waals surface area contributed by atoms with Crippen molar-refractivity contribution in [2.75, 3.05) is 44.4 Å². The van der Waals surface area contributed by atoms with Gasteiger partial charge in [-0.25, -0.2) is 9.78 Å². The summed E-state index contributed by atoms with van der Waals surface area (Å²) in [6.45, 7) is 5.28. The van der Waals surface area contributed by atoms with Crippen LogP contribution < -0.4 is 15.2 Å². The molecule has 1 atom stereocenters.